The van der Waals surface area contributed by atoms with E-state index < -0.39 is 15.1 Å². The molecule has 0 aliphatic carbocycles. The summed E-state index contributed by atoms with van der Waals surface area (Å²) >= 11 is -4.33. The van der Waals surface area contributed by atoms with Crippen LogP contribution in [0.3, 0.4) is 0 Å². The first kappa shape index (κ1) is 9.18. The Bertz CT molecular complexity index is 32.6. The normalized spacial score (nSPS) is 5.00. The van der Waals surface area contributed by atoms with Gasteiger partial charge in [-0.05, 0) is 0 Å². The Kier molecular flexibility index (Phi) is 8.58. The molecule has 0 aliphatic heterocycles. The predicted octanol–water partition coefficient (Wildman–Crippen LogP) is -4.26. The van der Waals surface area contributed by atoms with Crippen LogP contribution >= 0.6 is 0 Å². The summed E-state index contributed by atoms with van der Waals surface area (Å²) in [7, 11) is 0. The summed E-state index contributed by atoms with van der Waals surface area (Å²) in [5, 5.41) is 0. The van der Waals surface area contributed by atoms with Gasteiger partial charge in [0.2, 0.25) is 0 Å². The fourth-order valence-corrected chi connectivity index (χ4v) is 0. The van der Waals surface area contributed by atoms with Crippen LogP contribution in [0.1, 0.15) is 0 Å². The van der Waals surface area contributed by atoms with E-state index in [0.29, 0.717) is 0 Å². The van der Waals surface area contributed by atoms with Gasteiger partial charge in [-0.15, -0.1) is 0 Å². The van der Waals surface area contributed by atoms with Gasteiger partial charge in [0, 0.05) is 0 Å². The van der Waals surface area contributed by atoms with Crippen LogP contribution in [-0.4, -0.2) is 15.1 Å². The molecular formula is FGeLiO2. The molecule has 0 spiro atoms. The molecule has 0 fully saturated rings. The standard InChI is InChI=1S/FGeO2.Li/c1-2(3)4;/q-1;+1. The Balaban J connectivity index is 0. The molecule has 5 heavy (non-hydrogen) atoms. The van der Waals surface area contributed by atoms with Crippen molar-refractivity contribution < 1.29 is 30.3 Å². The summed E-state index contributed by atoms with van der Waals surface area (Å²) < 4.78 is 27.0. The van der Waals surface area contributed by atoms with Gasteiger partial charge in [-0.25, -0.2) is 0 Å². The molecule has 0 unspecified atom stereocenters. The first-order chi connectivity index (χ1) is 1.73. The van der Waals surface area contributed by atoms with Crippen LogP contribution in [0.4, 0.5) is 3.50 Å². The molecule has 0 amide bonds. The second-order valence-electron chi connectivity index (χ2n) is 0.238. The van der Waals surface area contributed by atoms with E-state index >= 15 is 0 Å². The van der Waals surface area contributed by atoms with Crippen molar-refractivity contribution >= 4 is 15.1 Å². The fraction of sp³-hybridized carbons (Fsp3) is 0. The molecule has 0 saturated heterocycles. The van der Waals surface area contributed by atoms with Crippen LogP contribution in [0.15, 0.2) is 0 Å². The minimum absolute atomic E-state index is 0. The number of halogens is 1. The van der Waals surface area contributed by atoms with Crippen LogP contribution in [0, 0.1) is 0 Å². The summed E-state index contributed by atoms with van der Waals surface area (Å²) in [6, 6.07) is 0. The van der Waals surface area contributed by atoms with E-state index in [1.807, 2.05) is 0 Å². The van der Waals surface area contributed by atoms with Crippen molar-refractivity contribution in [2.24, 2.45) is 0 Å². The molecule has 0 bridgehead atoms. The molecule has 0 aromatic carbocycles. The molecular weight excluding hydrogens is 131 g/mol. The van der Waals surface area contributed by atoms with Crippen LogP contribution in [0.25, 0.3) is 0 Å². The van der Waals surface area contributed by atoms with Crippen LogP contribution in [-0.2, 0) is 3.78 Å². The Hall–Kier alpha value is 0.670. The summed E-state index contributed by atoms with van der Waals surface area (Å²) in [5.41, 5.74) is 0. The van der Waals surface area contributed by atoms with Gasteiger partial charge < -0.3 is 0 Å². The minimum atomic E-state index is -4.33. The van der Waals surface area contributed by atoms with Gasteiger partial charge in [0.25, 0.3) is 0 Å². The molecule has 0 aromatic rings. The third-order valence-electron chi connectivity index (χ3n) is 0. The number of hydrogen-bond donors (Lipinski definition) is 0. The van der Waals surface area contributed by atoms with Crippen LogP contribution in [0.5, 0.6) is 0 Å². The number of rotatable bonds is 0. The molecule has 0 saturated carbocycles. The summed E-state index contributed by atoms with van der Waals surface area (Å²) in [6.45, 7) is 0. The van der Waals surface area contributed by atoms with E-state index in [1.165, 1.54) is 0 Å². The van der Waals surface area contributed by atoms with Crippen molar-refractivity contribution in [2.75, 3.05) is 0 Å². The van der Waals surface area contributed by atoms with Crippen molar-refractivity contribution in [1.82, 2.24) is 0 Å². The molecule has 0 N–H and O–H groups in total. The molecule has 2 nitrogen and oxygen atoms in total. The average molecular weight is 131 g/mol. The first-order valence-corrected chi connectivity index (χ1v) is 3.10. The summed E-state index contributed by atoms with van der Waals surface area (Å²) in [5.74, 6) is 0. The zero-order valence-corrected chi connectivity index (χ0v) is 4.79. The van der Waals surface area contributed by atoms with E-state index in [2.05, 4.69) is 0 Å². The maximum absolute atomic E-state index is 10.1. The zero-order chi connectivity index (χ0) is 3.58. The molecule has 0 heterocycles. The third kappa shape index (κ3) is 74.1. The van der Waals surface area contributed by atoms with Crippen molar-refractivity contribution in [3.8, 4) is 0 Å². The van der Waals surface area contributed by atoms with Gasteiger partial charge in [0.1, 0.15) is 0 Å². The van der Waals surface area contributed by atoms with E-state index in [0.717, 1.165) is 0 Å². The van der Waals surface area contributed by atoms with E-state index in [9.17, 15) is 3.50 Å². The Morgan fingerprint density at radius 2 is 1.80 bits per heavy atom. The summed E-state index contributed by atoms with van der Waals surface area (Å²) in [4.78, 5) is 0. The topological polar surface area (TPSA) is 40.1 Å². The molecule has 0 rings (SSSR count). The van der Waals surface area contributed by atoms with Gasteiger partial charge in [-0.1, -0.05) is 0 Å². The molecule has 5 heteroatoms. The third-order valence-corrected chi connectivity index (χ3v) is 0. The fourth-order valence-electron chi connectivity index (χ4n) is 0. The molecule has 0 radical (unpaired) electrons. The van der Waals surface area contributed by atoms with E-state index in [-0.39, 0.29) is 18.9 Å². The van der Waals surface area contributed by atoms with Gasteiger partial charge in [0.05, 0.1) is 0 Å². The van der Waals surface area contributed by atoms with Crippen molar-refractivity contribution in [2.45, 2.75) is 0 Å². The predicted molar refractivity (Wildman–Crippen MR) is 7.55 cm³/mol. The first-order valence-electron chi connectivity index (χ1n) is 0.597. The van der Waals surface area contributed by atoms with Crippen LogP contribution in [0.2, 0.25) is 0 Å². The quantitative estimate of drug-likeness (QED) is 0.312. The Labute approximate surface area is 45.7 Å². The monoisotopic (exact) mass is 132 g/mol. The van der Waals surface area contributed by atoms with Crippen LogP contribution < -0.4 is 23.0 Å². The molecule has 0 atom stereocenters. The molecule has 24 valence electrons. The van der Waals surface area contributed by atoms with E-state index in [1.54, 1.807) is 0 Å². The second-order valence-corrected chi connectivity index (χ2v) is 1.23. The number of hydrogen-bond acceptors (Lipinski definition) is 2. The Morgan fingerprint density at radius 3 is 1.80 bits per heavy atom. The maximum atomic E-state index is 10.1. The van der Waals surface area contributed by atoms with Gasteiger partial charge in [-0.3, -0.25) is 0 Å². The van der Waals surface area contributed by atoms with Crippen molar-refractivity contribution in [3.05, 3.63) is 0 Å². The zero-order valence-electron chi connectivity index (χ0n) is 2.69. The SMILES string of the molecule is [Li+].[O]=[Ge]([O-])[F]. The molecule has 0 aromatic heterocycles. The van der Waals surface area contributed by atoms with Gasteiger partial charge in [-0.2, -0.15) is 0 Å². The van der Waals surface area contributed by atoms with Gasteiger partial charge >= 0.3 is 45.4 Å². The Morgan fingerprint density at radius 1 is 1.80 bits per heavy atom. The van der Waals surface area contributed by atoms with Crippen molar-refractivity contribution in [3.63, 3.8) is 0 Å². The van der Waals surface area contributed by atoms with Gasteiger partial charge in [0.15, 0.2) is 0 Å². The average Bonchev–Trinajstić information content (AvgIpc) is 0.811. The molecule has 0 aliphatic rings. The second kappa shape index (κ2) is 4.67. The van der Waals surface area contributed by atoms with Crippen molar-refractivity contribution in [1.29, 1.82) is 0 Å². The van der Waals surface area contributed by atoms with E-state index in [4.69, 9.17) is 7.91 Å². The summed E-state index contributed by atoms with van der Waals surface area (Å²) in [6.07, 6.45) is 0.